The van der Waals surface area contributed by atoms with Crippen LogP contribution in [0.5, 0.6) is 0 Å². The van der Waals surface area contributed by atoms with Crippen LogP contribution in [0.2, 0.25) is 0 Å². The van der Waals surface area contributed by atoms with Crippen LogP contribution in [-0.2, 0) is 4.79 Å². The Labute approximate surface area is 104 Å². The molecule has 0 aromatic heterocycles. The second-order valence-corrected chi connectivity index (χ2v) is 4.12. The molecule has 94 valence electrons. The summed E-state index contributed by atoms with van der Waals surface area (Å²) in [6, 6.07) is 7.82. The summed E-state index contributed by atoms with van der Waals surface area (Å²) in [6.45, 7) is 5.07. The Morgan fingerprint density at radius 3 is 2.65 bits per heavy atom. The summed E-state index contributed by atoms with van der Waals surface area (Å²) in [5.74, 6) is 0.104. The van der Waals surface area contributed by atoms with Gasteiger partial charge in [0.15, 0.2) is 0 Å². The van der Waals surface area contributed by atoms with E-state index in [1.54, 1.807) is 0 Å². The van der Waals surface area contributed by atoms with Crippen molar-refractivity contribution in [2.45, 2.75) is 39.5 Å². The van der Waals surface area contributed by atoms with Crippen LogP contribution in [0.25, 0.3) is 0 Å². The molecule has 0 unspecified atom stereocenters. The molecule has 0 spiro atoms. The molecule has 1 rings (SSSR count). The Morgan fingerprint density at radius 2 is 1.94 bits per heavy atom. The van der Waals surface area contributed by atoms with Crippen LogP contribution < -0.4 is 10.6 Å². The molecule has 0 aliphatic heterocycles. The summed E-state index contributed by atoms with van der Waals surface area (Å²) < 4.78 is 0. The maximum atomic E-state index is 11.6. The maximum absolute atomic E-state index is 11.6. The quantitative estimate of drug-likeness (QED) is 0.707. The van der Waals surface area contributed by atoms with Gasteiger partial charge >= 0.3 is 0 Å². The molecular weight excluding hydrogens is 212 g/mol. The number of anilines is 2. The smallest absolute Gasteiger partial charge is 0.224 e. The molecule has 3 nitrogen and oxygen atoms in total. The van der Waals surface area contributed by atoms with Gasteiger partial charge in [0.2, 0.25) is 5.91 Å². The summed E-state index contributed by atoms with van der Waals surface area (Å²) >= 11 is 0. The lowest BCUT2D eigenvalue weighted by molar-refractivity contribution is -0.116. The van der Waals surface area contributed by atoms with Gasteiger partial charge in [-0.15, -0.1) is 0 Å². The van der Waals surface area contributed by atoms with Crippen LogP contribution in [0.1, 0.15) is 39.5 Å². The fraction of sp³-hybridized carbons (Fsp3) is 0.500. The summed E-state index contributed by atoms with van der Waals surface area (Å²) in [5.41, 5.74) is 1.91. The Kier molecular flexibility index (Phi) is 6.15. The van der Waals surface area contributed by atoms with Gasteiger partial charge in [0.1, 0.15) is 0 Å². The molecule has 1 aromatic carbocycles. The highest BCUT2D eigenvalue weighted by Crippen LogP contribution is 2.15. The third kappa shape index (κ3) is 5.38. The maximum Gasteiger partial charge on any atom is 0.224 e. The molecule has 0 radical (unpaired) electrons. The van der Waals surface area contributed by atoms with Gasteiger partial charge in [-0.1, -0.05) is 25.8 Å². The van der Waals surface area contributed by atoms with Crippen molar-refractivity contribution >= 4 is 17.3 Å². The van der Waals surface area contributed by atoms with Crippen molar-refractivity contribution in [1.82, 2.24) is 0 Å². The Balaban J connectivity index is 2.44. The van der Waals surface area contributed by atoms with Crippen LogP contribution >= 0.6 is 0 Å². The molecule has 0 fully saturated rings. The van der Waals surface area contributed by atoms with E-state index < -0.39 is 0 Å². The first-order valence-corrected chi connectivity index (χ1v) is 6.40. The molecular formula is C14H22N2O. The van der Waals surface area contributed by atoms with Gasteiger partial charge in [0.25, 0.3) is 0 Å². The van der Waals surface area contributed by atoms with Crippen molar-refractivity contribution in [2.75, 3.05) is 17.2 Å². The second-order valence-electron chi connectivity index (χ2n) is 4.12. The van der Waals surface area contributed by atoms with Crippen LogP contribution in [0, 0.1) is 0 Å². The number of rotatable bonds is 7. The zero-order valence-electron chi connectivity index (χ0n) is 10.8. The molecule has 0 aliphatic rings. The lowest BCUT2D eigenvalue weighted by atomic mass is 10.2. The number of carbonyl (C=O) groups excluding carboxylic acids is 1. The normalized spacial score (nSPS) is 10.0. The van der Waals surface area contributed by atoms with Crippen molar-refractivity contribution in [2.24, 2.45) is 0 Å². The Hall–Kier alpha value is -1.51. The van der Waals surface area contributed by atoms with E-state index in [-0.39, 0.29) is 5.91 Å². The molecule has 0 heterocycles. The minimum atomic E-state index is 0.104. The summed E-state index contributed by atoms with van der Waals surface area (Å²) in [5, 5.41) is 6.14. The number of benzene rings is 1. The Morgan fingerprint density at radius 1 is 1.18 bits per heavy atom. The summed E-state index contributed by atoms with van der Waals surface area (Å²) in [7, 11) is 0. The minimum Gasteiger partial charge on any atom is -0.385 e. The van der Waals surface area contributed by atoms with Crippen molar-refractivity contribution in [3.05, 3.63) is 24.3 Å². The number of amides is 1. The zero-order valence-corrected chi connectivity index (χ0v) is 10.8. The molecule has 1 amide bonds. The van der Waals surface area contributed by atoms with Crippen LogP contribution in [0.3, 0.4) is 0 Å². The molecule has 2 N–H and O–H groups in total. The highest BCUT2D eigenvalue weighted by molar-refractivity contribution is 5.91. The fourth-order valence-corrected chi connectivity index (χ4v) is 1.67. The molecule has 1 aromatic rings. The average Bonchev–Trinajstić information content (AvgIpc) is 2.30. The first-order valence-electron chi connectivity index (χ1n) is 6.40. The minimum absolute atomic E-state index is 0.104. The van der Waals surface area contributed by atoms with Gasteiger partial charge in [0.05, 0.1) is 0 Å². The van der Waals surface area contributed by atoms with E-state index in [1.807, 2.05) is 24.3 Å². The highest BCUT2D eigenvalue weighted by Gasteiger charge is 2.02. The number of hydrogen-bond donors (Lipinski definition) is 2. The van der Waals surface area contributed by atoms with E-state index in [9.17, 15) is 4.79 Å². The van der Waals surface area contributed by atoms with Gasteiger partial charge in [-0.25, -0.2) is 0 Å². The Bertz CT molecular complexity index is 350. The number of nitrogens with one attached hydrogen (secondary N) is 2. The molecule has 17 heavy (non-hydrogen) atoms. The largest absolute Gasteiger partial charge is 0.385 e. The number of carbonyl (C=O) groups is 1. The number of unbranched alkanes of at least 4 members (excludes halogenated alkanes) is 2. The summed E-state index contributed by atoms with van der Waals surface area (Å²) in [6.07, 6.45) is 3.84. The first kappa shape index (κ1) is 13.6. The average molecular weight is 234 g/mol. The van der Waals surface area contributed by atoms with Gasteiger partial charge in [-0.3, -0.25) is 4.79 Å². The van der Waals surface area contributed by atoms with Gasteiger partial charge in [-0.2, -0.15) is 0 Å². The van der Waals surface area contributed by atoms with E-state index in [0.717, 1.165) is 37.2 Å². The molecule has 3 heteroatoms. The van der Waals surface area contributed by atoms with Crippen molar-refractivity contribution in [3.63, 3.8) is 0 Å². The number of hydrogen-bond acceptors (Lipinski definition) is 2. The van der Waals surface area contributed by atoms with Crippen molar-refractivity contribution in [1.29, 1.82) is 0 Å². The third-order valence-electron chi connectivity index (χ3n) is 2.53. The lowest BCUT2D eigenvalue weighted by Crippen LogP contribution is -2.11. The predicted molar refractivity (Wildman–Crippen MR) is 73.4 cm³/mol. The lowest BCUT2D eigenvalue weighted by Gasteiger charge is -2.08. The van der Waals surface area contributed by atoms with Crippen molar-refractivity contribution < 1.29 is 4.79 Å². The zero-order chi connectivity index (χ0) is 12.5. The van der Waals surface area contributed by atoms with E-state index in [4.69, 9.17) is 0 Å². The first-order chi connectivity index (χ1) is 8.26. The summed E-state index contributed by atoms with van der Waals surface area (Å²) in [4.78, 5) is 11.6. The molecule has 0 saturated heterocycles. The van der Waals surface area contributed by atoms with E-state index in [0.29, 0.717) is 6.42 Å². The van der Waals surface area contributed by atoms with E-state index >= 15 is 0 Å². The predicted octanol–water partition coefficient (Wildman–Crippen LogP) is 3.64. The topological polar surface area (TPSA) is 41.1 Å². The fourth-order valence-electron chi connectivity index (χ4n) is 1.67. The van der Waals surface area contributed by atoms with Crippen LogP contribution in [-0.4, -0.2) is 12.5 Å². The second kappa shape index (κ2) is 7.71. The monoisotopic (exact) mass is 234 g/mol. The van der Waals surface area contributed by atoms with E-state index in [2.05, 4.69) is 24.5 Å². The molecule has 0 saturated carbocycles. The van der Waals surface area contributed by atoms with Crippen molar-refractivity contribution in [3.8, 4) is 0 Å². The molecule has 0 atom stereocenters. The third-order valence-corrected chi connectivity index (χ3v) is 2.53. The molecule has 0 aliphatic carbocycles. The van der Waals surface area contributed by atoms with Gasteiger partial charge in [0, 0.05) is 24.3 Å². The van der Waals surface area contributed by atoms with Gasteiger partial charge in [-0.05, 0) is 31.5 Å². The van der Waals surface area contributed by atoms with Crippen LogP contribution in [0.15, 0.2) is 24.3 Å². The standard InChI is InChI=1S/C14H22N2O/c1-3-5-6-10-14(17)16-13-9-7-8-12(11-13)15-4-2/h7-9,11,15H,3-6,10H2,1-2H3,(H,16,17). The molecule has 0 bridgehead atoms. The van der Waals surface area contributed by atoms with Gasteiger partial charge < -0.3 is 10.6 Å². The SMILES string of the molecule is CCCCCC(=O)Nc1cccc(NCC)c1. The van der Waals surface area contributed by atoms with Crippen LogP contribution in [0.4, 0.5) is 11.4 Å². The highest BCUT2D eigenvalue weighted by atomic mass is 16.1. The van der Waals surface area contributed by atoms with E-state index in [1.165, 1.54) is 0 Å².